The van der Waals surface area contributed by atoms with Crippen molar-refractivity contribution in [2.24, 2.45) is 0 Å². The number of hydrogen-bond donors (Lipinski definition) is 2. The molecule has 3 N–H and O–H groups in total. The molecule has 0 saturated carbocycles. The Kier molecular flexibility index (Phi) is 5.76. The third-order valence-corrected chi connectivity index (χ3v) is 7.20. The van der Waals surface area contributed by atoms with Gasteiger partial charge in [-0.15, -0.1) is 0 Å². The summed E-state index contributed by atoms with van der Waals surface area (Å²) in [5.74, 6) is 0.654. The number of aryl methyl sites for hydroxylation is 1. The average Bonchev–Trinajstić information content (AvgIpc) is 3.24. The molecule has 33 heavy (non-hydrogen) atoms. The number of anilines is 1. The van der Waals surface area contributed by atoms with Crippen molar-refractivity contribution in [3.63, 3.8) is 0 Å². The first-order chi connectivity index (χ1) is 15.9. The van der Waals surface area contributed by atoms with Gasteiger partial charge in [0.1, 0.15) is 5.82 Å². The second-order valence-corrected chi connectivity index (χ2v) is 9.43. The van der Waals surface area contributed by atoms with E-state index in [9.17, 15) is 4.79 Å². The number of piperidine rings is 1. The Labute approximate surface area is 200 Å². The average molecular weight is 508 g/mol. The summed E-state index contributed by atoms with van der Waals surface area (Å²) in [5.41, 5.74) is 11.9. The van der Waals surface area contributed by atoms with Gasteiger partial charge in [0.2, 0.25) is 5.91 Å². The van der Waals surface area contributed by atoms with Crippen molar-refractivity contribution in [1.29, 1.82) is 0 Å². The smallest absolute Gasteiger partial charge is 0.219 e. The van der Waals surface area contributed by atoms with Crippen molar-refractivity contribution < 1.29 is 4.79 Å². The minimum absolute atomic E-state index is 0.141. The molecule has 1 aliphatic heterocycles. The number of likely N-dealkylation sites (tertiary alicyclic amines) is 1. The molecule has 170 valence electrons. The fourth-order valence-corrected chi connectivity index (χ4v) is 4.80. The van der Waals surface area contributed by atoms with Crippen LogP contribution in [0, 0.1) is 6.92 Å². The number of nitrogens with two attached hydrogens (primary N) is 1. The maximum atomic E-state index is 11.6. The lowest BCUT2D eigenvalue weighted by Crippen LogP contribution is -2.44. The highest BCUT2D eigenvalue weighted by atomic mass is 79.9. The van der Waals surface area contributed by atoms with Gasteiger partial charge in [0, 0.05) is 55.3 Å². The van der Waals surface area contributed by atoms with E-state index in [0.717, 1.165) is 58.1 Å². The summed E-state index contributed by atoms with van der Waals surface area (Å²) in [5, 5.41) is 9.15. The summed E-state index contributed by atoms with van der Waals surface area (Å²) < 4.78 is 2.40. The van der Waals surface area contributed by atoms with Crippen LogP contribution in [0.4, 0.5) is 5.82 Å². The van der Waals surface area contributed by atoms with Gasteiger partial charge in [-0.05, 0) is 53.9 Å². The van der Waals surface area contributed by atoms with Crippen molar-refractivity contribution in [2.75, 3.05) is 18.8 Å². The number of hydrogen-bond acceptors (Lipinski definition) is 6. The number of fused-ring (bicyclic) bond motifs is 2. The number of carbonyl (C=O) groups excluding carboxylic acids is 1. The van der Waals surface area contributed by atoms with Crippen LogP contribution in [0.5, 0.6) is 0 Å². The number of benzene rings is 1. The second kappa shape index (κ2) is 8.72. The van der Waals surface area contributed by atoms with Gasteiger partial charge >= 0.3 is 0 Å². The van der Waals surface area contributed by atoms with Crippen molar-refractivity contribution in [3.05, 3.63) is 52.4 Å². The van der Waals surface area contributed by atoms with Crippen LogP contribution in [0.3, 0.4) is 0 Å². The molecule has 9 heteroatoms. The van der Waals surface area contributed by atoms with E-state index in [2.05, 4.69) is 56.5 Å². The first kappa shape index (κ1) is 21.8. The Balaban J connectivity index is 1.44. The van der Waals surface area contributed by atoms with Gasteiger partial charge in [-0.25, -0.2) is 4.98 Å². The van der Waals surface area contributed by atoms with Crippen LogP contribution in [-0.2, 0) is 11.3 Å². The summed E-state index contributed by atoms with van der Waals surface area (Å²) in [4.78, 5) is 23.0. The monoisotopic (exact) mass is 507 g/mol. The fraction of sp³-hybridized carbons (Fsp3) is 0.333. The molecule has 8 nitrogen and oxygen atoms in total. The van der Waals surface area contributed by atoms with Crippen molar-refractivity contribution in [2.45, 2.75) is 39.3 Å². The number of nitrogens with zero attached hydrogens (tertiary/aromatic N) is 5. The SMILES string of the molecule is CC(=O)N1CCC(NCc2nc3c(-c4cnc5ccc(C)cc5c4)cnn3c(N)c2Br)CC1. The number of nitrogen functional groups attached to an aromatic ring is 1. The Hall–Kier alpha value is -3.04. The second-order valence-electron chi connectivity index (χ2n) is 8.63. The van der Waals surface area contributed by atoms with E-state index in [4.69, 9.17) is 10.7 Å². The van der Waals surface area contributed by atoms with Gasteiger partial charge in [0.15, 0.2) is 5.65 Å². The largest absolute Gasteiger partial charge is 0.383 e. The van der Waals surface area contributed by atoms with Crippen LogP contribution >= 0.6 is 15.9 Å². The molecule has 1 amide bonds. The molecule has 0 atom stereocenters. The standard InChI is InChI=1S/C24H26BrN7O/c1-14-3-4-20-16(9-14)10-17(11-28-20)19-12-29-32-23(26)22(25)21(30-24(19)32)13-27-18-5-7-31(8-6-18)15(2)33/h3-4,9-12,18,27H,5-8,13,26H2,1-2H3. The van der Waals surface area contributed by atoms with Gasteiger partial charge in [0.25, 0.3) is 0 Å². The van der Waals surface area contributed by atoms with Crippen molar-refractivity contribution >= 4 is 44.2 Å². The molecule has 0 bridgehead atoms. The highest BCUT2D eigenvalue weighted by Gasteiger charge is 2.22. The number of halogens is 1. The third-order valence-electron chi connectivity index (χ3n) is 6.34. The first-order valence-corrected chi connectivity index (χ1v) is 11.9. The van der Waals surface area contributed by atoms with E-state index in [-0.39, 0.29) is 5.91 Å². The lowest BCUT2D eigenvalue weighted by molar-refractivity contribution is -0.129. The Morgan fingerprint density at radius 3 is 2.79 bits per heavy atom. The topological polar surface area (TPSA) is 101 Å². The van der Waals surface area contributed by atoms with E-state index in [1.54, 1.807) is 17.6 Å². The predicted octanol–water partition coefficient (Wildman–Crippen LogP) is 3.70. The molecular weight excluding hydrogens is 482 g/mol. The van der Waals surface area contributed by atoms with Gasteiger partial charge < -0.3 is 16.0 Å². The summed E-state index contributed by atoms with van der Waals surface area (Å²) in [6.07, 6.45) is 5.50. The molecule has 0 unspecified atom stereocenters. The molecule has 4 heterocycles. The zero-order valence-electron chi connectivity index (χ0n) is 18.7. The van der Waals surface area contributed by atoms with Gasteiger partial charge in [-0.2, -0.15) is 9.61 Å². The molecule has 0 spiro atoms. The predicted molar refractivity (Wildman–Crippen MR) is 133 cm³/mol. The zero-order valence-corrected chi connectivity index (χ0v) is 20.3. The van der Waals surface area contributed by atoms with Gasteiger partial charge in [-0.1, -0.05) is 11.6 Å². The molecule has 1 fully saturated rings. The molecule has 0 aliphatic carbocycles. The first-order valence-electron chi connectivity index (χ1n) is 11.1. The molecule has 0 radical (unpaired) electrons. The highest BCUT2D eigenvalue weighted by Crippen LogP contribution is 2.31. The van der Waals surface area contributed by atoms with Crippen LogP contribution in [0.2, 0.25) is 0 Å². The Bertz CT molecular complexity index is 1360. The van der Waals surface area contributed by atoms with E-state index < -0.39 is 0 Å². The third kappa shape index (κ3) is 4.18. The van der Waals surface area contributed by atoms with Crippen LogP contribution in [0.15, 0.2) is 41.1 Å². The number of rotatable bonds is 4. The van der Waals surface area contributed by atoms with Crippen LogP contribution < -0.4 is 11.1 Å². The molecule has 1 aliphatic rings. The quantitative estimate of drug-likeness (QED) is 0.436. The van der Waals surface area contributed by atoms with E-state index in [1.165, 1.54) is 5.56 Å². The van der Waals surface area contributed by atoms with Gasteiger partial charge in [0.05, 0.1) is 21.9 Å². The fourth-order valence-electron chi connectivity index (χ4n) is 4.40. The number of carbonyl (C=O) groups is 1. The van der Waals surface area contributed by atoms with Crippen LogP contribution in [0.25, 0.3) is 27.7 Å². The minimum Gasteiger partial charge on any atom is -0.383 e. The van der Waals surface area contributed by atoms with Gasteiger partial charge in [-0.3, -0.25) is 9.78 Å². The Morgan fingerprint density at radius 1 is 1.24 bits per heavy atom. The molecule has 1 saturated heterocycles. The normalized spacial score (nSPS) is 14.9. The Morgan fingerprint density at radius 2 is 2.03 bits per heavy atom. The summed E-state index contributed by atoms with van der Waals surface area (Å²) in [6, 6.07) is 8.68. The number of nitrogens with one attached hydrogen (secondary N) is 1. The van der Waals surface area contributed by atoms with E-state index >= 15 is 0 Å². The molecule has 4 aromatic rings. The molecule has 5 rings (SSSR count). The number of amides is 1. The summed E-state index contributed by atoms with van der Waals surface area (Å²) >= 11 is 3.61. The van der Waals surface area contributed by atoms with Crippen LogP contribution in [-0.4, -0.2) is 49.5 Å². The number of aromatic nitrogens is 4. The lowest BCUT2D eigenvalue weighted by Gasteiger charge is -2.31. The molecule has 1 aromatic carbocycles. The molecular formula is C24H26BrN7O. The minimum atomic E-state index is 0.141. The summed E-state index contributed by atoms with van der Waals surface area (Å²) in [7, 11) is 0. The lowest BCUT2D eigenvalue weighted by atomic mass is 10.0. The van der Waals surface area contributed by atoms with Crippen LogP contribution in [0.1, 0.15) is 31.0 Å². The maximum Gasteiger partial charge on any atom is 0.219 e. The van der Waals surface area contributed by atoms with E-state index in [1.807, 2.05) is 17.2 Å². The van der Waals surface area contributed by atoms with Crippen molar-refractivity contribution in [3.8, 4) is 11.1 Å². The summed E-state index contributed by atoms with van der Waals surface area (Å²) in [6.45, 7) is 5.84. The zero-order chi connectivity index (χ0) is 23.1. The van der Waals surface area contributed by atoms with Crippen molar-refractivity contribution in [1.82, 2.24) is 29.8 Å². The maximum absolute atomic E-state index is 11.6. The number of pyridine rings is 1. The highest BCUT2D eigenvalue weighted by molar-refractivity contribution is 9.10. The van der Waals surface area contributed by atoms with E-state index in [0.29, 0.717) is 24.1 Å². The molecule has 3 aromatic heterocycles.